The van der Waals surface area contributed by atoms with Crippen molar-refractivity contribution >= 4 is 29.3 Å². The minimum Gasteiger partial charge on any atom is -0.298 e. The van der Waals surface area contributed by atoms with Crippen molar-refractivity contribution in [3.8, 4) is 0 Å². The van der Waals surface area contributed by atoms with Gasteiger partial charge in [-0.1, -0.05) is 88.7 Å². The highest BCUT2D eigenvalue weighted by molar-refractivity contribution is 9.10. The highest BCUT2D eigenvalue weighted by atomic mass is 79.9. The highest BCUT2D eigenvalue weighted by Gasteiger charge is 2.59. The number of carbonyl (C=O) groups is 1. The maximum atomic E-state index is 15.9. The highest BCUT2D eigenvalue weighted by Crippen LogP contribution is 2.70. The van der Waals surface area contributed by atoms with Crippen molar-refractivity contribution in [3.05, 3.63) is 106 Å². The molecule has 0 aromatic heterocycles. The van der Waals surface area contributed by atoms with Crippen molar-refractivity contribution in [3.63, 3.8) is 0 Å². The summed E-state index contributed by atoms with van der Waals surface area (Å²) in [5.41, 5.74) is -4.67. The van der Waals surface area contributed by atoms with E-state index in [1.54, 1.807) is 65.8 Å². The molecule has 0 fully saturated rings. The Labute approximate surface area is 232 Å². The maximum Gasteiger partial charge on any atom is 0.405 e. The van der Waals surface area contributed by atoms with E-state index in [4.69, 9.17) is 9.05 Å². The molecule has 0 aliphatic carbocycles. The zero-order chi connectivity index (χ0) is 28.4. The molecule has 0 aliphatic rings. The van der Waals surface area contributed by atoms with E-state index in [1.807, 2.05) is 36.4 Å². The standard InChI is InChI=1S/C30H34BrF2O4P/c1-28(2,3)36-38(35,37-29(4,5)6)30(32,33)25-18-17-21(20-26(25)31)19-24(22-13-9-7-10-14-22)27(34)23-15-11-8-12-16-23/h7-18,20,24H,19H2,1-6H3. The van der Waals surface area contributed by atoms with Gasteiger partial charge in [-0.3, -0.25) is 18.4 Å². The van der Waals surface area contributed by atoms with E-state index >= 15 is 8.78 Å². The van der Waals surface area contributed by atoms with Crippen LogP contribution in [0.15, 0.2) is 83.3 Å². The van der Waals surface area contributed by atoms with Gasteiger partial charge in [0.1, 0.15) is 0 Å². The number of rotatable bonds is 9. The van der Waals surface area contributed by atoms with Crippen LogP contribution in [0.25, 0.3) is 0 Å². The molecule has 1 atom stereocenters. The van der Waals surface area contributed by atoms with Crippen molar-refractivity contribution in [2.45, 2.75) is 70.7 Å². The lowest BCUT2D eigenvalue weighted by molar-refractivity contribution is -0.0216. The van der Waals surface area contributed by atoms with E-state index in [0.717, 1.165) is 5.56 Å². The number of ketones is 1. The molecule has 1 unspecified atom stereocenters. The Morgan fingerprint density at radius 2 is 1.34 bits per heavy atom. The monoisotopic (exact) mass is 606 g/mol. The van der Waals surface area contributed by atoms with E-state index < -0.39 is 35.9 Å². The molecule has 0 amide bonds. The Hall–Kier alpha value is -2.18. The molecule has 0 bridgehead atoms. The molecule has 0 N–H and O–H groups in total. The van der Waals surface area contributed by atoms with Crippen LogP contribution in [-0.4, -0.2) is 17.0 Å². The average molecular weight is 607 g/mol. The topological polar surface area (TPSA) is 52.6 Å². The van der Waals surface area contributed by atoms with Gasteiger partial charge in [0.25, 0.3) is 0 Å². The first-order valence-electron chi connectivity index (χ1n) is 12.3. The van der Waals surface area contributed by atoms with Crippen molar-refractivity contribution in [1.82, 2.24) is 0 Å². The zero-order valence-corrected chi connectivity index (χ0v) is 25.0. The third-order valence-corrected chi connectivity index (χ3v) is 8.67. The molecular weight excluding hydrogens is 573 g/mol. The zero-order valence-electron chi connectivity index (χ0n) is 22.5. The minimum atomic E-state index is -4.98. The van der Waals surface area contributed by atoms with E-state index in [0.29, 0.717) is 11.1 Å². The van der Waals surface area contributed by atoms with Crippen LogP contribution in [0.3, 0.4) is 0 Å². The summed E-state index contributed by atoms with van der Waals surface area (Å²) >= 11 is 3.27. The van der Waals surface area contributed by atoms with E-state index in [9.17, 15) is 9.36 Å². The van der Waals surface area contributed by atoms with Crippen LogP contribution >= 0.6 is 23.5 Å². The van der Waals surface area contributed by atoms with Gasteiger partial charge < -0.3 is 0 Å². The predicted molar refractivity (Wildman–Crippen MR) is 151 cm³/mol. The number of carbonyl (C=O) groups excluding carboxylic acids is 1. The van der Waals surface area contributed by atoms with Crippen LogP contribution in [0, 0.1) is 0 Å². The summed E-state index contributed by atoms with van der Waals surface area (Å²) in [6.45, 7) is 9.29. The Bertz CT molecular complexity index is 1280. The molecule has 0 saturated heterocycles. The quantitative estimate of drug-likeness (QED) is 0.180. The van der Waals surface area contributed by atoms with Crippen molar-refractivity contribution in [2.75, 3.05) is 0 Å². The summed E-state index contributed by atoms with van der Waals surface area (Å²) in [6.07, 6.45) is 0.289. The fourth-order valence-corrected chi connectivity index (χ4v) is 7.05. The number of halogens is 3. The van der Waals surface area contributed by atoms with Gasteiger partial charge in [-0.2, -0.15) is 8.78 Å². The lowest BCUT2D eigenvalue weighted by Gasteiger charge is -2.36. The Morgan fingerprint density at radius 3 is 1.82 bits per heavy atom. The molecule has 204 valence electrons. The number of hydrogen-bond acceptors (Lipinski definition) is 4. The second-order valence-electron chi connectivity index (χ2n) is 11.2. The number of Topliss-reactive ketones (excluding diaryl/α,β-unsaturated/α-hetero) is 1. The van der Waals surface area contributed by atoms with Gasteiger partial charge in [-0.05, 0) is 65.2 Å². The second-order valence-corrected chi connectivity index (χ2v) is 13.9. The molecule has 3 rings (SSSR count). The van der Waals surface area contributed by atoms with Gasteiger partial charge in [0.05, 0.1) is 17.1 Å². The van der Waals surface area contributed by atoms with Crippen LogP contribution in [0.1, 0.15) is 74.5 Å². The smallest absolute Gasteiger partial charge is 0.298 e. The minimum absolute atomic E-state index is 0.0502. The molecule has 0 heterocycles. The number of benzene rings is 3. The van der Waals surface area contributed by atoms with E-state index in [2.05, 4.69) is 15.9 Å². The maximum absolute atomic E-state index is 15.9. The van der Waals surface area contributed by atoms with Gasteiger partial charge in [0, 0.05) is 15.6 Å². The summed E-state index contributed by atoms with van der Waals surface area (Å²) in [6, 6.07) is 22.6. The van der Waals surface area contributed by atoms with Gasteiger partial charge in [-0.15, -0.1) is 0 Å². The fraction of sp³-hybridized carbons (Fsp3) is 0.367. The third kappa shape index (κ3) is 7.47. The van der Waals surface area contributed by atoms with Crippen LogP contribution in [0.5, 0.6) is 0 Å². The predicted octanol–water partition coefficient (Wildman–Crippen LogP) is 9.53. The normalized spacial score (nSPS) is 13.8. The first-order valence-corrected chi connectivity index (χ1v) is 14.7. The molecule has 0 spiro atoms. The Balaban J connectivity index is 2.00. The largest absolute Gasteiger partial charge is 0.405 e. The first kappa shape index (κ1) is 30.4. The molecule has 38 heavy (non-hydrogen) atoms. The molecule has 3 aromatic carbocycles. The Morgan fingerprint density at radius 1 is 0.842 bits per heavy atom. The lowest BCUT2D eigenvalue weighted by Crippen LogP contribution is -2.30. The molecular formula is C30H34BrF2O4P. The Kier molecular flexibility index (Phi) is 9.20. The molecule has 0 saturated carbocycles. The van der Waals surface area contributed by atoms with Crippen LogP contribution < -0.4 is 0 Å². The number of alkyl halides is 2. The van der Waals surface area contributed by atoms with Crippen molar-refractivity contribution in [1.29, 1.82) is 0 Å². The number of hydrogen-bond donors (Lipinski definition) is 0. The van der Waals surface area contributed by atoms with Gasteiger partial charge in [0.2, 0.25) is 0 Å². The first-order chi connectivity index (χ1) is 17.5. The molecule has 8 heteroatoms. The van der Waals surface area contributed by atoms with Crippen molar-refractivity contribution in [2.24, 2.45) is 0 Å². The summed E-state index contributed by atoms with van der Waals surface area (Å²) < 4.78 is 56.4. The molecule has 4 nitrogen and oxygen atoms in total. The second kappa shape index (κ2) is 11.5. The SMILES string of the molecule is CC(C)(C)OP(=O)(OC(C)(C)C)C(F)(F)c1ccc(CC(C(=O)c2ccccc2)c2ccccc2)cc1Br. The summed E-state index contributed by atoms with van der Waals surface area (Å²) in [5.74, 6) is -0.583. The van der Waals surface area contributed by atoms with Gasteiger partial charge in [0.15, 0.2) is 5.78 Å². The molecule has 0 aliphatic heterocycles. The summed E-state index contributed by atoms with van der Waals surface area (Å²) in [4.78, 5) is 13.5. The van der Waals surface area contributed by atoms with Gasteiger partial charge in [-0.25, -0.2) is 0 Å². The van der Waals surface area contributed by atoms with Crippen molar-refractivity contribution < 1.29 is 27.2 Å². The fourth-order valence-electron chi connectivity index (χ4n) is 4.02. The van der Waals surface area contributed by atoms with Crippen LogP contribution in [-0.2, 0) is 25.7 Å². The van der Waals surface area contributed by atoms with Gasteiger partial charge >= 0.3 is 13.3 Å². The third-order valence-electron chi connectivity index (χ3n) is 5.51. The van der Waals surface area contributed by atoms with Crippen LogP contribution in [0.4, 0.5) is 8.78 Å². The average Bonchev–Trinajstić information content (AvgIpc) is 2.80. The summed E-state index contributed by atoms with van der Waals surface area (Å²) in [5, 5.41) is 0. The molecule has 0 radical (unpaired) electrons. The molecule has 3 aromatic rings. The lowest BCUT2D eigenvalue weighted by atomic mass is 9.85. The van der Waals surface area contributed by atoms with E-state index in [1.165, 1.54) is 18.2 Å². The summed E-state index contributed by atoms with van der Waals surface area (Å²) in [7, 11) is -4.98. The van der Waals surface area contributed by atoms with Crippen LogP contribution in [0.2, 0.25) is 0 Å². The van der Waals surface area contributed by atoms with E-state index in [-0.39, 0.29) is 16.7 Å².